The van der Waals surface area contributed by atoms with Gasteiger partial charge in [-0.3, -0.25) is 14.4 Å². The van der Waals surface area contributed by atoms with E-state index in [1.165, 1.54) is 0 Å². The van der Waals surface area contributed by atoms with Crippen molar-refractivity contribution in [3.8, 4) is 0 Å². The summed E-state index contributed by atoms with van der Waals surface area (Å²) in [6, 6.07) is 0. The van der Waals surface area contributed by atoms with Gasteiger partial charge in [0, 0.05) is 20.8 Å². The molecule has 0 saturated carbocycles. The normalized spacial score (nSPS) is 30.0. The van der Waals surface area contributed by atoms with Crippen molar-refractivity contribution in [1.29, 1.82) is 0 Å². The second-order valence-corrected chi connectivity index (χ2v) is 5.08. The third kappa shape index (κ3) is 5.07. The monoisotopic (exact) mass is 352 g/mol. The molecule has 0 aromatic carbocycles. The highest BCUT2D eigenvalue weighted by atomic mass is 35.5. The Bertz CT molecular complexity index is 492. The Morgan fingerprint density at radius 3 is 1.70 bits per heavy atom. The van der Waals surface area contributed by atoms with E-state index < -0.39 is 53.9 Å². The maximum atomic E-state index is 11.8. The zero-order chi connectivity index (χ0) is 17.7. The van der Waals surface area contributed by atoms with Gasteiger partial charge in [-0.1, -0.05) is 11.6 Å². The van der Waals surface area contributed by atoms with Crippen LogP contribution in [0.15, 0.2) is 0 Å². The number of carbonyl (C=O) groups is 4. The lowest BCUT2D eigenvalue weighted by Gasteiger charge is -2.41. The maximum Gasteiger partial charge on any atom is 0.339 e. The Kier molecular flexibility index (Phi) is 6.77. The summed E-state index contributed by atoms with van der Waals surface area (Å²) in [5.74, 6) is -3.13. The summed E-state index contributed by atoms with van der Waals surface area (Å²) in [7, 11) is 1.10. The van der Waals surface area contributed by atoms with Crippen LogP contribution in [-0.2, 0) is 42.9 Å². The van der Waals surface area contributed by atoms with Gasteiger partial charge in [-0.25, -0.2) is 4.79 Å². The summed E-state index contributed by atoms with van der Waals surface area (Å²) in [5, 5.41) is 0. The molecule has 0 aliphatic carbocycles. The van der Waals surface area contributed by atoms with Crippen LogP contribution in [0.5, 0.6) is 0 Å². The molecule has 1 aliphatic rings. The van der Waals surface area contributed by atoms with Crippen molar-refractivity contribution >= 4 is 35.5 Å². The molecule has 1 heterocycles. The number of esters is 4. The van der Waals surface area contributed by atoms with Gasteiger partial charge >= 0.3 is 23.9 Å². The lowest BCUT2D eigenvalue weighted by molar-refractivity contribution is -0.236. The molecule has 23 heavy (non-hydrogen) atoms. The van der Waals surface area contributed by atoms with E-state index in [0.29, 0.717) is 0 Å². The quantitative estimate of drug-likeness (QED) is 0.389. The maximum absolute atomic E-state index is 11.8. The Morgan fingerprint density at radius 1 is 0.826 bits per heavy atom. The number of ether oxygens (including phenoxy) is 5. The average Bonchev–Trinajstić information content (AvgIpc) is 2.43. The third-order valence-electron chi connectivity index (χ3n) is 2.82. The van der Waals surface area contributed by atoms with Gasteiger partial charge in [-0.15, -0.1) is 0 Å². The van der Waals surface area contributed by atoms with E-state index in [9.17, 15) is 19.2 Å². The Labute approximate surface area is 137 Å². The zero-order valence-electron chi connectivity index (χ0n) is 12.9. The molecule has 1 saturated heterocycles. The minimum atomic E-state index is -1.44. The minimum Gasteiger partial charge on any atom is -0.467 e. The van der Waals surface area contributed by atoms with E-state index in [2.05, 4.69) is 4.74 Å². The minimum absolute atomic E-state index is 0.723. The summed E-state index contributed by atoms with van der Waals surface area (Å²) in [6.07, 6.45) is -5.44. The molecule has 1 fully saturated rings. The smallest absolute Gasteiger partial charge is 0.339 e. The molecule has 0 N–H and O–H groups in total. The van der Waals surface area contributed by atoms with Gasteiger partial charge in [0.2, 0.25) is 0 Å². The first-order valence-corrected chi connectivity index (χ1v) is 7.00. The zero-order valence-corrected chi connectivity index (χ0v) is 13.7. The summed E-state index contributed by atoms with van der Waals surface area (Å²) < 4.78 is 24.8. The second kappa shape index (κ2) is 8.11. The summed E-state index contributed by atoms with van der Waals surface area (Å²) >= 11 is 5.96. The van der Waals surface area contributed by atoms with Crippen LogP contribution in [0.4, 0.5) is 0 Å². The van der Waals surface area contributed by atoms with Crippen LogP contribution in [0.3, 0.4) is 0 Å². The highest BCUT2D eigenvalue weighted by Crippen LogP contribution is 2.31. The van der Waals surface area contributed by atoms with Crippen molar-refractivity contribution < 1.29 is 42.9 Å². The number of hydrogen-bond acceptors (Lipinski definition) is 9. The Morgan fingerprint density at radius 2 is 1.26 bits per heavy atom. The number of rotatable bonds is 4. The highest BCUT2D eigenvalue weighted by Gasteiger charge is 2.54. The van der Waals surface area contributed by atoms with Gasteiger partial charge in [0.25, 0.3) is 0 Å². The van der Waals surface area contributed by atoms with Crippen molar-refractivity contribution in [1.82, 2.24) is 0 Å². The van der Waals surface area contributed by atoms with Gasteiger partial charge in [-0.05, 0) is 0 Å². The summed E-state index contributed by atoms with van der Waals surface area (Å²) in [4.78, 5) is 45.7. The van der Waals surface area contributed by atoms with Crippen LogP contribution >= 0.6 is 11.6 Å². The predicted molar refractivity (Wildman–Crippen MR) is 73.2 cm³/mol. The number of hydrogen-bond donors (Lipinski definition) is 0. The standard InChI is InChI=1S/C13H17ClO9/c1-5(15)20-8-9(21-6(2)16)11(13(18)19-4)23-12(14)10(8)22-7(3)17/h8-12H,1-4H3/t8-,9-,10+,11-,12-/m0/s1. The lowest BCUT2D eigenvalue weighted by atomic mass is 9.99. The molecule has 0 aromatic rings. The molecular weight excluding hydrogens is 336 g/mol. The van der Waals surface area contributed by atoms with Crippen LogP contribution in [0.2, 0.25) is 0 Å². The van der Waals surface area contributed by atoms with Crippen LogP contribution in [-0.4, -0.2) is 61.0 Å². The molecule has 10 heteroatoms. The average molecular weight is 353 g/mol. The van der Waals surface area contributed by atoms with Gasteiger partial charge < -0.3 is 23.7 Å². The number of methoxy groups -OCH3 is 1. The number of carbonyl (C=O) groups excluding carboxylic acids is 4. The molecule has 0 aromatic heterocycles. The summed E-state index contributed by atoms with van der Waals surface area (Å²) in [5.41, 5.74) is -1.32. The molecule has 0 spiro atoms. The first-order valence-electron chi connectivity index (χ1n) is 6.56. The van der Waals surface area contributed by atoms with Gasteiger partial charge in [0.05, 0.1) is 7.11 Å². The number of halogens is 1. The molecule has 1 rings (SSSR count). The van der Waals surface area contributed by atoms with E-state index in [4.69, 9.17) is 30.5 Å². The van der Waals surface area contributed by atoms with Crippen LogP contribution in [0.1, 0.15) is 20.8 Å². The Balaban J connectivity index is 3.21. The van der Waals surface area contributed by atoms with E-state index in [1.54, 1.807) is 0 Å². The van der Waals surface area contributed by atoms with Crippen LogP contribution in [0, 0.1) is 0 Å². The molecule has 0 radical (unpaired) electrons. The van der Waals surface area contributed by atoms with E-state index in [1.807, 2.05) is 0 Å². The van der Waals surface area contributed by atoms with Crippen molar-refractivity contribution in [2.24, 2.45) is 0 Å². The fourth-order valence-electron chi connectivity index (χ4n) is 2.07. The largest absolute Gasteiger partial charge is 0.467 e. The SMILES string of the molecule is COC(=O)[C@H]1O[C@H](Cl)[C@H](OC(C)=O)[C@@H](OC(C)=O)[C@@H]1OC(C)=O. The molecular formula is C13H17ClO9. The van der Waals surface area contributed by atoms with Gasteiger partial charge in [0.15, 0.2) is 30.0 Å². The molecule has 5 atom stereocenters. The fraction of sp³-hybridized carbons (Fsp3) is 0.692. The second-order valence-electron chi connectivity index (χ2n) is 4.65. The first kappa shape index (κ1) is 19.2. The lowest BCUT2D eigenvalue weighted by Crippen LogP contribution is -2.62. The van der Waals surface area contributed by atoms with Crippen LogP contribution in [0.25, 0.3) is 0 Å². The predicted octanol–water partition coefficient (Wildman–Crippen LogP) is -0.0818. The molecule has 0 unspecified atom stereocenters. The van der Waals surface area contributed by atoms with E-state index in [0.717, 1.165) is 27.9 Å². The molecule has 9 nitrogen and oxygen atoms in total. The number of alkyl halides is 1. The first-order chi connectivity index (χ1) is 10.7. The van der Waals surface area contributed by atoms with Crippen molar-refractivity contribution in [3.05, 3.63) is 0 Å². The molecule has 0 bridgehead atoms. The van der Waals surface area contributed by atoms with Crippen molar-refractivity contribution in [2.75, 3.05) is 7.11 Å². The molecule has 130 valence electrons. The van der Waals surface area contributed by atoms with E-state index in [-0.39, 0.29) is 0 Å². The highest BCUT2D eigenvalue weighted by molar-refractivity contribution is 6.20. The fourth-order valence-corrected chi connectivity index (χ4v) is 2.37. The topological polar surface area (TPSA) is 114 Å². The van der Waals surface area contributed by atoms with Gasteiger partial charge in [0.1, 0.15) is 0 Å². The van der Waals surface area contributed by atoms with E-state index >= 15 is 0 Å². The summed E-state index contributed by atoms with van der Waals surface area (Å²) in [6.45, 7) is 3.30. The Hall–Kier alpha value is -1.87. The van der Waals surface area contributed by atoms with Crippen LogP contribution < -0.4 is 0 Å². The third-order valence-corrected chi connectivity index (χ3v) is 3.17. The van der Waals surface area contributed by atoms with Gasteiger partial charge in [-0.2, -0.15) is 0 Å². The van der Waals surface area contributed by atoms with Crippen molar-refractivity contribution in [2.45, 2.75) is 50.8 Å². The molecule has 1 aliphatic heterocycles. The molecule has 0 amide bonds. The van der Waals surface area contributed by atoms with Crippen molar-refractivity contribution in [3.63, 3.8) is 0 Å².